The average Bonchev–Trinajstić information content (AvgIpc) is 2.82. The molecule has 0 aliphatic carbocycles. The Hall–Kier alpha value is -3.29. The maximum atomic E-state index is 13.9. The SMILES string of the molecule is COc1cccc2c1O[C@@]1(C)[C@@H](C(=O)Nc3ccc(Cl)cc3)[C@H]2NC(=S)N1c1cccc(C)c1C. The molecule has 2 bridgehead atoms. The van der Waals surface area contributed by atoms with Crippen LogP contribution in [-0.4, -0.2) is 23.9 Å². The Morgan fingerprint density at radius 1 is 1.14 bits per heavy atom. The molecule has 0 unspecified atom stereocenters. The van der Waals surface area contributed by atoms with Gasteiger partial charge in [0.15, 0.2) is 22.3 Å². The molecular formula is C27H26ClN3O3S. The van der Waals surface area contributed by atoms with Gasteiger partial charge in [0.05, 0.1) is 18.8 Å². The van der Waals surface area contributed by atoms with Gasteiger partial charge in [-0.2, -0.15) is 0 Å². The molecule has 0 aromatic heterocycles. The number of ether oxygens (including phenoxy) is 2. The number of carbonyl (C=O) groups is 1. The van der Waals surface area contributed by atoms with Crippen molar-refractivity contribution in [2.24, 2.45) is 5.92 Å². The fourth-order valence-electron chi connectivity index (χ4n) is 5.03. The van der Waals surface area contributed by atoms with Crippen molar-refractivity contribution in [1.29, 1.82) is 0 Å². The van der Waals surface area contributed by atoms with Crippen molar-refractivity contribution in [3.05, 3.63) is 82.4 Å². The fraction of sp³-hybridized carbons (Fsp3) is 0.259. The van der Waals surface area contributed by atoms with Gasteiger partial charge in [-0.25, -0.2) is 0 Å². The number of hydrogen-bond donors (Lipinski definition) is 2. The molecule has 2 heterocycles. The highest BCUT2D eigenvalue weighted by atomic mass is 35.5. The Balaban J connectivity index is 1.67. The van der Waals surface area contributed by atoms with Crippen LogP contribution < -0.4 is 25.0 Å². The predicted octanol–water partition coefficient (Wildman–Crippen LogP) is 5.76. The minimum Gasteiger partial charge on any atom is -0.493 e. The van der Waals surface area contributed by atoms with Crippen LogP contribution in [0.3, 0.4) is 0 Å². The molecule has 2 aliphatic rings. The molecule has 1 fully saturated rings. The van der Waals surface area contributed by atoms with E-state index in [0.29, 0.717) is 27.3 Å². The van der Waals surface area contributed by atoms with Crippen LogP contribution in [0.1, 0.15) is 29.7 Å². The van der Waals surface area contributed by atoms with Gasteiger partial charge < -0.3 is 20.1 Å². The van der Waals surface area contributed by atoms with Gasteiger partial charge in [0, 0.05) is 16.3 Å². The molecule has 3 atom stereocenters. The minimum absolute atomic E-state index is 0.196. The van der Waals surface area contributed by atoms with E-state index in [2.05, 4.69) is 23.6 Å². The van der Waals surface area contributed by atoms with Gasteiger partial charge in [-0.15, -0.1) is 0 Å². The maximum absolute atomic E-state index is 13.9. The second kappa shape index (κ2) is 8.73. The standard InChI is InChI=1S/C27H26ClN3O3S/c1-15-7-5-9-20(16(15)2)31-26(35)30-23-19-8-6-10-21(33-4)24(19)34-27(31,3)22(23)25(32)29-18-13-11-17(28)12-14-18/h5-14,22-23H,1-4H3,(H,29,32)(H,30,35)/t22-,23+,27+/m1/s1. The zero-order chi connectivity index (χ0) is 24.9. The number of nitrogens with zero attached hydrogens (tertiary/aromatic N) is 1. The summed E-state index contributed by atoms with van der Waals surface area (Å²) in [6, 6.07) is 18.3. The van der Waals surface area contributed by atoms with Crippen LogP contribution >= 0.6 is 23.8 Å². The van der Waals surface area contributed by atoms with Crippen LogP contribution in [0, 0.1) is 19.8 Å². The van der Waals surface area contributed by atoms with Crippen LogP contribution in [0.5, 0.6) is 11.5 Å². The zero-order valence-electron chi connectivity index (χ0n) is 19.9. The molecule has 3 aromatic rings. The maximum Gasteiger partial charge on any atom is 0.236 e. The summed E-state index contributed by atoms with van der Waals surface area (Å²) in [5, 5.41) is 7.58. The number of amides is 1. The number of nitrogens with one attached hydrogen (secondary N) is 2. The predicted molar refractivity (Wildman–Crippen MR) is 142 cm³/mol. The van der Waals surface area contributed by atoms with E-state index in [1.165, 1.54) is 0 Å². The zero-order valence-corrected chi connectivity index (χ0v) is 21.5. The number of rotatable bonds is 4. The summed E-state index contributed by atoms with van der Waals surface area (Å²) in [5.74, 6) is 0.358. The van der Waals surface area contributed by atoms with E-state index in [4.69, 9.17) is 33.3 Å². The highest BCUT2D eigenvalue weighted by Gasteiger charge is 2.59. The first kappa shape index (κ1) is 23.5. The minimum atomic E-state index is -1.14. The van der Waals surface area contributed by atoms with E-state index in [-0.39, 0.29) is 5.91 Å². The summed E-state index contributed by atoms with van der Waals surface area (Å²) in [6.07, 6.45) is 0. The van der Waals surface area contributed by atoms with Gasteiger partial charge in [0.1, 0.15) is 5.92 Å². The number of methoxy groups -OCH3 is 1. The van der Waals surface area contributed by atoms with Crippen LogP contribution in [0.4, 0.5) is 11.4 Å². The molecule has 0 saturated carbocycles. The van der Waals surface area contributed by atoms with E-state index in [0.717, 1.165) is 22.4 Å². The molecule has 2 N–H and O–H groups in total. The molecule has 1 amide bonds. The van der Waals surface area contributed by atoms with Crippen LogP contribution in [0.2, 0.25) is 5.02 Å². The van der Waals surface area contributed by atoms with Gasteiger partial charge in [0.2, 0.25) is 5.91 Å². The Kier molecular flexibility index (Phi) is 5.85. The van der Waals surface area contributed by atoms with Crippen molar-refractivity contribution in [3.63, 3.8) is 0 Å². The van der Waals surface area contributed by atoms with Crippen molar-refractivity contribution >= 4 is 46.2 Å². The molecule has 180 valence electrons. The fourth-order valence-corrected chi connectivity index (χ4v) is 5.56. The Labute approximate surface area is 215 Å². The molecule has 35 heavy (non-hydrogen) atoms. The molecule has 6 nitrogen and oxygen atoms in total. The summed E-state index contributed by atoms with van der Waals surface area (Å²) in [4.78, 5) is 15.8. The summed E-state index contributed by atoms with van der Waals surface area (Å²) in [7, 11) is 1.61. The number of anilines is 2. The first-order valence-electron chi connectivity index (χ1n) is 11.3. The lowest BCUT2D eigenvalue weighted by molar-refractivity contribution is -0.130. The third kappa shape index (κ3) is 3.79. The van der Waals surface area contributed by atoms with E-state index in [1.807, 2.05) is 49.1 Å². The lowest BCUT2D eigenvalue weighted by Crippen LogP contribution is -2.72. The molecule has 0 spiro atoms. The third-order valence-corrected chi connectivity index (χ3v) is 7.47. The van der Waals surface area contributed by atoms with E-state index < -0.39 is 17.7 Å². The molecular weight excluding hydrogens is 482 g/mol. The lowest BCUT2D eigenvalue weighted by Gasteiger charge is -2.56. The molecule has 5 rings (SSSR count). The van der Waals surface area contributed by atoms with Gasteiger partial charge in [-0.1, -0.05) is 35.9 Å². The van der Waals surface area contributed by atoms with Crippen molar-refractivity contribution in [1.82, 2.24) is 5.32 Å². The molecule has 0 radical (unpaired) electrons. The topological polar surface area (TPSA) is 62.8 Å². The highest BCUT2D eigenvalue weighted by Crippen LogP contribution is 2.53. The van der Waals surface area contributed by atoms with Gasteiger partial charge in [-0.3, -0.25) is 9.69 Å². The van der Waals surface area contributed by atoms with Crippen LogP contribution in [0.25, 0.3) is 0 Å². The van der Waals surface area contributed by atoms with Gasteiger partial charge in [-0.05, 0) is 80.5 Å². The van der Waals surface area contributed by atoms with E-state index in [1.54, 1.807) is 31.4 Å². The van der Waals surface area contributed by atoms with Crippen molar-refractivity contribution in [2.75, 3.05) is 17.3 Å². The molecule has 8 heteroatoms. The number of thiocarbonyl (C=S) groups is 1. The largest absolute Gasteiger partial charge is 0.493 e. The summed E-state index contributed by atoms with van der Waals surface area (Å²) in [5.41, 5.74) is 3.39. The van der Waals surface area contributed by atoms with E-state index in [9.17, 15) is 4.79 Å². The smallest absolute Gasteiger partial charge is 0.236 e. The highest BCUT2D eigenvalue weighted by molar-refractivity contribution is 7.80. The normalized spacial score (nSPS) is 22.5. The number of aryl methyl sites for hydroxylation is 1. The van der Waals surface area contributed by atoms with E-state index >= 15 is 0 Å². The first-order valence-corrected chi connectivity index (χ1v) is 12.1. The summed E-state index contributed by atoms with van der Waals surface area (Å²) in [6.45, 7) is 6.01. The Morgan fingerprint density at radius 2 is 1.86 bits per heavy atom. The van der Waals surface area contributed by atoms with Crippen LogP contribution in [-0.2, 0) is 4.79 Å². The van der Waals surface area contributed by atoms with Gasteiger partial charge in [0.25, 0.3) is 0 Å². The number of carbonyl (C=O) groups excluding carboxylic acids is 1. The second-order valence-electron chi connectivity index (χ2n) is 8.99. The van der Waals surface area contributed by atoms with Crippen molar-refractivity contribution < 1.29 is 14.3 Å². The quantitative estimate of drug-likeness (QED) is 0.437. The molecule has 1 saturated heterocycles. The first-order chi connectivity index (χ1) is 16.7. The summed E-state index contributed by atoms with van der Waals surface area (Å²) < 4.78 is 12.3. The molecule has 2 aliphatic heterocycles. The number of benzene rings is 3. The average molecular weight is 508 g/mol. The number of para-hydroxylation sites is 1. The number of hydrogen-bond acceptors (Lipinski definition) is 4. The summed E-state index contributed by atoms with van der Waals surface area (Å²) >= 11 is 11.9. The molecule has 3 aromatic carbocycles. The lowest BCUT2D eigenvalue weighted by atomic mass is 9.78. The Morgan fingerprint density at radius 3 is 2.57 bits per heavy atom. The van der Waals surface area contributed by atoms with Crippen molar-refractivity contribution in [3.8, 4) is 11.5 Å². The van der Waals surface area contributed by atoms with Crippen molar-refractivity contribution in [2.45, 2.75) is 32.5 Å². The third-order valence-electron chi connectivity index (χ3n) is 6.92. The Bertz CT molecular complexity index is 1330. The monoisotopic (exact) mass is 507 g/mol. The van der Waals surface area contributed by atoms with Gasteiger partial charge >= 0.3 is 0 Å². The van der Waals surface area contributed by atoms with Crippen LogP contribution in [0.15, 0.2) is 60.7 Å². The number of fused-ring (bicyclic) bond motifs is 4. The second-order valence-corrected chi connectivity index (χ2v) is 9.81. The number of halogens is 1.